The fraction of sp³-hybridized carbons (Fsp3) is 0.312. The van der Waals surface area contributed by atoms with Gasteiger partial charge in [-0.15, -0.1) is 0 Å². The lowest BCUT2D eigenvalue weighted by Gasteiger charge is -2.29. The van der Waals surface area contributed by atoms with Crippen LogP contribution in [0.15, 0.2) is 35.6 Å². The lowest BCUT2D eigenvalue weighted by molar-refractivity contribution is -0.384. The molecule has 0 spiro atoms. The van der Waals surface area contributed by atoms with Gasteiger partial charge in [0.15, 0.2) is 12.4 Å². The molecule has 2 heterocycles. The number of halogens is 5. The molecule has 1 atom stereocenters. The van der Waals surface area contributed by atoms with Crippen molar-refractivity contribution < 1.29 is 37.1 Å². The van der Waals surface area contributed by atoms with E-state index in [2.05, 4.69) is 10.2 Å². The standard InChI is InChI=1S/C16H12ClF4N5O5/c17-9-5-8(26(29)30)1-2-12(9)31-7-24-4-3-10(22-24)14(27)25-16(28,15(20)21)6-11(23-25)13(18)19/h1-5,13,15,28H,6-7H2/t16-/m0/s1. The largest absolute Gasteiger partial charge is 0.470 e. The predicted molar refractivity (Wildman–Crippen MR) is 96.1 cm³/mol. The molecule has 10 nitrogen and oxygen atoms in total. The fourth-order valence-corrected chi connectivity index (χ4v) is 2.85. The molecule has 0 unspecified atom stereocenters. The molecule has 1 aliphatic rings. The van der Waals surface area contributed by atoms with E-state index in [0.717, 1.165) is 22.9 Å². The van der Waals surface area contributed by atoms with Crippen molar-refractivity contribution in [3.05, 3.63) is 51.3 Å². The Hall–Kier alpha value is -3.26. The first-order chi connectivity index (χ1) is 14.5. The third kappa shape index (κ3) is 4.44. The molecule has 166 valence electrons. The molecule has 0 fully saturated rings. The highest BCUT2D eigenvalue weighted by Crippen LogP contribution is 2.34. The number of hydrogen-bond donors (Lipinski definition) is 1. The molecule has 3 rings (SSSR count). The topological polar surface area (TPSA) is 123 Å². The zero-order chi connectivity index (χ0) is 22.9. The van der Waals surface area contributed by atoms with Gasteiger partial charge >= 0.3 is 0 Å². The fourth-order valence-electron chi connectivity index (χ4n) is 2.62. The van der Waals surface area contributed by atoms with Gasteiger partial charge in [-0.05, 0) is 12.1 Å². The number of aliphatic hydroxyl groups is 1. The molecule has 1 aromatic heterocycles. The third-order valence-corrected chi connectivity index (χ3v) is 4.46. The van der Waals surface area contributed by atoms with E-state index in [-0.39, 0.29) is 28.2 Å². The van der Waals surface area contributed by atoms with Gasteiger partial charge in [0, 0.05) is 24.8 Å². The Morgan fingerprint density at radius 3 is 2.65 bits per heavy atom. The van der Waals surface area contributed by atoms with E-state index in [1.807, 2.05) is 0 Å². The van der Waals surface area contributed by atoms with Crippen LogP contribution in [-0.4, -0.2) is 55.0 Å². The lowest BCUT2D eigenvalue weighted by Crippen LogP contribution is -2.51. The van der Waals surface area contributed by atoms with Gasteiger partial charge in [0.05, 0.1) is 9.95 Å². The van der Waals surface area contributed by atoms with Crippen molar-refractivity contribution in [1.82, 2.24) is 14.8 Å². The molecular weight excluding hydrogens is 454 g/mol. The number of aromatic nitrogens is 2. The Labute approximate surface area is 175 Å². The Morgan fingerprint density at radius 2 is 2.06 bits per heavy atom. The number of ether oxygens (including phenoxy) is 1. The molecule has 1 N–H and O–H groups in total. The van der Waals surface area contributed by atoms with Gasteiger partial charge in [0.1, 0.15) is 11.5 Å². The van der Waals surface area contributed by atoms with Gasteiger partial charge in [-0.2, -0.15) is 15.2 Å². The van der Waals surface area contributed by atoms with Crippen LogP contribution in [0.25, 0.3) is 0 Å². The number of carbonyl (C=O) groups excluding carboxylic acids is 1. The maximum absolute atomic E-state index is 13.3. The number of rotatable bonds is 7. The van der Waals surface area contributed by atoms with E-state index in [4.69, 9.17) is 16.3 Å². The normalized spacial score (nSPS) is 18.6. The van der Waals surface area contributed by atoms with Crippen LogP contribution in [0.2, 0.25) is 5.02 Å². The third-order valence-electron chi connectivity index (χ3n) is 4.17. The van der Waals surface area contributed by atoms with Crippen LogP contribution in [0.1, 0.15) is 16.9 Å². The van der Waals surface area contributed by atoms with Crippen LogP contribution in [0.3, 0.4) is 0 Å². The summed E-state index contributed by atoms with van der Waals surface area (Å²) in [6.45, 7) is -0.338. The second-order valence-corrected chi connectivity index (χ2v) is 6.66. The minimum atomic E-state index is -3.56. The van der Waals surface area contributed by atoms with Crippen molar-refractivity contribution in [2.75, 3.05) is 0 Å². The SMILES string of the molecule is O=C(c1ccn(COc2ccc([N+](=O)[O-])cc2Cl)n1)N1N=C(C(F)F)C[C@]1(O)C(F)F. The summed E-state index contributed by atoms with van der Waals surface area (Å²) in [5.41, 5.74) is -5.02. The molecule has 0 radical (unpaired) electrons. The predicted octanol–water partition coefficient (Wildman–Crippen LogP) is 2.90. The molecular formula is C16H12ClF4N5O5. The van der Waals surface area contributed by atoms with E-state index in [9.17, 15) is 37.6 Å². The number of alkyl halides is 4. The highest BCUT2D eigenvalue weighted by Gasteiger charge is 2.53. The number of nitrogens with zero attached hydrogens (tertiary/aromatic N) is 5. The summed E-state index contributed by atoms with van der Waals surface area (Å²) in [4.78, 5) is 22.5. The molecule has 2 aromatic rings. The molecule has 1 aliphatic heterocycles. The summed E-state index contributed by atoms with van der Waals surface area (Å²) in [7, 11) is 0. The quantitative estimate of drug-likeness (QED) is 0.381. The summed E-state index contributed by atoms with van der Waals surface area (Å²) in [6, 6.07) is 4.52. The van der Waals surface area contributed by atoms with Gasteiger partial charge in [0.25, 0.3) is 24.4 Å². The smallest absolute Gasteiger partial charge is 0.297 e. The Kier molecular flexibility index (Phi) is 6.13. The van der Waals surface area contributed by atoms with Crippen molar-refractivity contribution in [3.8, 4) is 5.75 Å². The highest BCUT2D eigenvalue weighted by atomic mass is 35.5. The molecule has 31 heavy (non-hydrogen) atoms. The Balaban J connectivity index is 1.74. The maximum Gasteiger partial charge on any atom is 0.297 e. The first-order valence-corrected chi connectivity index (χ1v) is 8.71. The summed E-state index contributed by atoms with van der Waals surface area (Å²) in [6.07, 6.45) is -6.80. The lowest BCUT2D eigenvalue weighted by atomic mass is 10.1. The summed E-state index contributed by atoms with van der Waals surface area (Å²) in [5, 5.41) is 27.5. The zero-order valence-electron chi connectivity index (χ0n) is 15.2. The second kappa shape index (κ2) is 8.47. The first kappa shape index (κ1) is 22.4. The molecule has 1 amide bonds. The first-order valence-electron chi connectivity index (χ1n) is 8.33. The second-order valence-electron chi connectivity index (χ2n) is 6.25. The van der Waals surface area contributed by atoms with Gasteiger partial charge in [0.2, 0.25) is 5.72 Å². The Bertz CT molecular complexity index is 1050. The molecule has 1 aromatic carbocycles. The van der Waals surface area contributed by atoms with Crippen molar-refractivity contribution in [2.24, 2.45) is 5.10 Å². The van der Waals surface area contributed by atoms with Crippen LogP contribution in [0.5, 0.6) is 5.75 Å². The number of amides is 1. The number of nitro benzene ring substituents is 1. The van der Waals surface area contributed by atoms with Gasteiger partial charge in [-0.3, -0.25) is 14.9 Å². The highest BCUT2D eigenvalue weighted by molar-refractivity contribution is 6.32. The molecule has 0 aliphatic carbocycles. The van der Waals surface area contributed by atoms with E-state index in [1.54, 1.807) is 0 Å². The number of nitro groups is 1. The van der Waals surface area contributed by atoms with E-state index < -0.39 is 47.2 Å². The Morgan fingerprint density at radius 1 is 1.35 bits per heavy atom. The van der Waals surface area contributed by atoms with Gasteiger partial charge < -0.3 is 9.84 Å². The van der Waals surface area contributed by atoms with E-state index in [0.29, 0.717) is 0 Å². The maximum atomic E-state index is 13.3. The van der Waals surface area contributed by atoms with Crippen molar-refractivity contribution >= 4 is 28.9 Å². The number of hydrazone groups is 1. The average Bonchev–Trinajstić information content (AvgIpc) is 3.32. The summed E-state index contributed by atoms with van der Waals surface area (Å²) < 4.78 is 58.6. The van der Waals surface area contributed by atoms with Gasteiger partial charge in [-0.25, -0.2) is 22.2 Å². The monoisotopic (exact) mass is 465 g/mol. The number of hydrogen-bond acceptors (Lipinski definition) is 7. The number of benzene rings is 1. The van der Waals surface area contributed by atoms with Crippen molar-refractivity contribution in [2.45, 2.75) is 31.7 Å². The van der Waals surface area contributed by atoms with Gasteiger partial charge in [-0.1, -0.05) is 11.6 Å². The van der Waals surface area contributed by atoms with Crippen molar-refractivity contribution in [1.29, 1.82) is 0 Å². The average molecular weight is 466 g/mol. The molecule has 0 bridgehead atoms. The van der Waals surface area contributed by atoms with Crippen molar-refractivity contribution in [3.63, 3.8) is 0 Å². The van der Waals surface area contributed by atoms with E-state index >= 15 is 0 Å². The van der Waals surface area contributed by atoms with Crippen LogP contribution in [0.4, 0.5) is 23.2 Å². The summed E-state index contributed by atoms with van der Waals surface area (Å²) >= 11 is 5.89. The van der Waals surface area contributed by atoms with Crippen LogP contribution in [0, 0.1) is 10.1 Å². The molecule has 0 saturated carbocycles. The van der Waals surface area contributed by atoms with Crippen LogP contribution < -0.4 is 4.74 Å². The molecule has 15 heteroatoms. The molecule has 0 saturated heterocycles. The van der Waals surface area contributed by atoms with Crippen LogP contribution in [-0.2, 0) is 6.73 Å². The zero-order valence-corrected chi connectivity index (χ0v) is 15.9. The minimum Gasteiger partial charge on any atom is -0.470 e. The number of carbonyl (C=O) groups is 1. The number of non-ortho nitro benzene ring substituents is 1. The minimum absolute atomic E-state index is 0.0634. The van der Waals surface area contributed by atoms with E-state index in [1.165, 1.54) is 12.3 Å². The summed E-state index contributed by atoms with van der Waals surface area (Å²) in [5.74, 6) is -1.26. The van der Waals surface area contributed by atoms with Crippen LogP contribution >= 0.6 is 11.6 Å².